The molecule has 732 valence electrons. The fourth-order valence-electron chi connectivity index (χ4n) is 12.9. The molecule has 47 heteroatoms. The summed E-state index contributed by atoms with van der Waals surface area (Å²) in [5.41, 5.74) is 10.9. The summed E-state index contributed by atoms with van der Waals surface area (Å²) >= 11 is 29.9. The minimum absolute atomic E-state index is 0.0445. The molecule has 0 bridgehead atoms. The van der Waals surface area contributed by atoms with E-state index in [0.29, 0.717) is 205 Å². The Kier molecular flexibility index (Phi) is 45.7. The third-order valence-corrected chi connectivity index (χ3v) is 21.4. The number of ether oxygens (including phenoxy) is 8. The van der Waals surface area contributed by atoms with Crippen LogP contribution in [0, 0.1) is 26.0 Å². The Balaban J connectivity index is 0.000000234. The highest BCUT2D eigenvalue weighted by Crippen LogP contribution is 2.43. The minimum atomic E-state index is -0.997. The van der Waals surface area contributed by atoms with Gasteiger partial charge in [0.05, 0.1) is 161 Å². The van der Waals surface area contributed by atoms with Crippen LogP contribution in [0.5, 0.6) is 23.0 Å². The molecular formula is C87H123Cl5FN27O14. The summed E-state index contributed by atoms with van der Waals surface area (Å²) in [5, 5.41) is 39.2. The number of allylic oxidation sites excluding steroid dienone is 1. The molecule has 134 heavy (non-hydrogen) atoms. The Morgan fingerprint density at radius 1 is 0.448 bits per heavy atom. The second kappa shape index (κ2) is 56.0. The lowest BCUT2D eigenvalue weighted by Crippen LogP contribution is -2.37. The molecule has 0 saturated carbocycles. The molecule has 0 aliphatic carbocycles. The maximum absolute atomic E-state index is 13.7. The molecule has 4 aromatic carbocycles. The predicted octanol–water partition coefficient (Wildman–Crippen LogP) is 12.8. The van der Waals surface area contributed by atoms with Crippen molar-refractivity contribution in [1.29, 1.82) is 0 Å². The Labute approximate surface area is 806 Å². The van der Waals surface area contributed by atoms with Crippen LogP contribution in [0.1, 0.15) is 19.8 Å². The molecule has 0 atom stereocenters. The van der Waals surface area contributed by atoms with Crippen molar-refractivity contribution >= 4 is 179 Å². The number of unbranched alkanes of at least 4 members (excludes halogenated alkanes) is 1. The average molecular weight is 1970 g/mol. The van der Waals surface area contributed by atoms with Crippen LogP contribution in [-0.4, -0.2) is 337 Å². The van der Waals surface area contributed by atoms with Crippen LogP contribution in [0.25, 0.3) is 0 Å². The van der Waals surface area contributed by atoms with Gasteiger partial charge < -0.3 is 124 Å². The molecular weight excluding hydrogens is 1840 g/mol. The molecule has 0 unspecified atom stereocenters. The lowest BCUT2D eigenvalue weighted by Gasteiger charge is -2.28. The molecule has 0 radical (unpaired) electrons. The van der Waals surface area contributed by atoms with Gasteiger partial charge in [-0.3, -0.25) is 29.8 Å². The van der Waals surface area contributed by atoms with E-state index in [1.165, 1.54) is 58.1 Å². The standard InChI is InChI=1S/C23H32ClN7O3.C20H28ClN7O4.C20H30ClN7O2.C15H15ClFN5O4.C6H15N.C3H3ClO/c1-6-21(32)26-17-13-18(20(33-5)14-19(17)30(4)8-7-29(2)3)27-23-25-15-16(24)22(28-23)31-9-11-34-12-10-31;1-25(2)5-6-26(3)16-12-18(31-4)15(11-17(16)28(29)30)23-20-22-13-14(21)19(24-20)27-7-9-32-10-8-27;1-26(2)5-6-27(3)17-12-18(29-4)16(11-15(17)22)24-20-23-13-14(21)19(25-20)28-7-9-30-10-8-28;1-25-13-6-10(17)12(22(23)24)7-11(13)19-15-18-8-9(16)14(20-15)21-2-4-26-5-3-21;1-4-5-6-7(2)3;1-2-3(4)5/h6,13-15H,1,7-12H2,2-5H3,(H,26,32)(H,25,27,28);11-13H,5-10H2,1-4H3,(H,22,23,24);11-13H,5-10,22H2,1-4H3,(H,23,24,25);6-8H,2-5H2,1H3,(H,18,19,20);4-6H2,1-3H3;2H,1H2. The van der Waals surface area contributed by atoms with E-state index in [2.05, 4.69) is 135 Å². The number of morpholine rings is 4. The van der Waals surface area contributed by atoms with Crippen molar-refractivity contribution in [3.05, 3.63) is 145 Å². The van der Waals surface area contributed by atoms with Crippen molar-refractivity contribution in [2.75, 3.05) is 324 Å². The topological polar surface area (TPSA) is 419 Å². The highest BCUT2D eigenvalue weighted by Gasteiger charge is 2.28. The van der Waals surface area contributed by atoms with Crippen molar-refractivity contribution in [2.24, 2.45) is 0 Å². The molecule has 4 saturated heterocycles. The molecule has 7 N–H and O–H groups in total. The second-order valence-corrected chi connectivity index (χ2v) is 33.1. The normalized spacial score (nSPS) is 13.4. The van der Waals surface area contributed by atoms with E-state index >= 15 is 0 Å². The molecule has 4 fully saturated rings. The number of methoxy groups -OCH3 is 4. The zero-order valence-electron chi connectivity index (χ0n) is 78.6. The molecule has 8 heterocycles. The van der Waals surface area contributed by atoms with Crippen LogP contribution in [0.3, 0.4) is 0 Å². The number of likely N-dealkylation sites (N-methyl/N-ethyl adjacent to an activating group) is 6. The lowest BCUT2D eigenvalue weighted by atomic mass is 10.2. The highest BCUT2D eigenvalue weighted by atomic mass is 35.5. The number of nitrogens with zero attached hydrogens (tertiary/aromatic N) is 21. The van der Waals surface area contributed by atoms with Crippen LogP contribution in [0.2, 0.25) is 20.1 Å². The maximum Gasteiger partial charge on any atom is 0.307 e. The zero-order chi connectivity index (χ0) is 98.3. The summed E-state index contributed by atoms with van der Waals surface area (Å²) in [6, 6.07) is 12.5. The number of halogens is 6. The van der Waals surface area contributed by atoms with E-state index in [-0.39, 0.29) is 34.9 Å². The van der Waals surface area contributed by atoms with Gasteiger partial charge in [-0.2, -0.15) is 24.3 Å². The summed E-state index contributed by atoms with van der Waals surface area (Å²) in [5.74, 6) is 4.07. The molecule has 4 aliphatic heterocycles. The molecule has 8 aromatic rings. The molecule has 12 rings (SSSR count). The number of hydrogen-bond acceptors (Lipinski definition) is 38. The van der Waals surface area contributed by atoms with E-state index in [1.807, 2.05) is 101 Å². The van der Waals surface area contributed by atoms with Crippen LogP contribution in [0.4, 0.5) is 114 Å². The number of nitro benzene ring substituents is 2. The molecule has 0 spiro atoms. The van der Waals surface area contributed by atoms with Gasteiger partial charge >= 0.3 is 5.69 Å². The average Bonchev–Trinajstić information content (AvgIpc) is 0.807. The quantitative estimate of drug-likeness (QED) is 0.00698. The number of nitro groups is 2. The van der Waals surface area contributed by atoms with E-state index in [0.717, 1.165) is 75.4 Å². The number of carbonyl (C=O) groups excluding carboxylic acids is 2. The Morgan fingerprint density at radius 3 is 1.04 bits per heavy atom. The molecule has 4 aromatic heterocycles. The number of carbonyl (C=O) groups is 2. The number of nitrogen functional groups attached to an aromatic ring is 1. The number of benzene rings is 4. The number of nitrogens with two attached hydrogens (primary N) is 1. The van der Waals surface area contributed by atoms with Gasteiger partial charge in [-0.15, -0.1) is 0 Å². The largest absolute Gasteiger partial charge is 0.494 e. The lowest BCUT2D eigenvalue weighted by molar-refractivity contribution is -0.387. The first kappa shape index (κ1) is 109. The van der Waals surface area contributed by atoms with Gasteiger partial charge in [0.1, 0.15) is 48.8 Å². The molecule has 1 amide bonds. The van der Waals surface area contributed by atoms with Gasteiger partial charge in [0, 0.05) is 149 Å². The predicted molar refractivity (Wildman–Crippen MR) is 532 cm³/mol. The number of anilines is 17. The van der Waals surface area contributed by atoms with Crippen molar-refractivity contribution in [3.8, 4) is 23.0 Å². The molecule has 4 aliphatic rings. The smallest absolute Gasteiger partial charge is 0.307 e. The van der Waals surface area contributed by atoms with Crippen molar-refractivity contribution in [3.63, 3.8) is 0 Å². The zero-order valence-corrected chi connectivity index (χ0v) is 82.4. The highest BCUT2D eigenvalue weighted by molar-refractivity contribution is 6.66. The van der Waals surface area contributed by atoms with Crippen LogP contribution >= 0.6 is 58.0 Å². The van der Waals surface area contributed by atoms with E-state index in [1.54, 1.807) is 38.7 Å². The number of rotatable bonds is 36. The maximum atomic E-state index is 13.7. The van der Waals surface area contributed by atoms with Crippen molar-refractivity contribution in [1.82, 2.24) is 59.5 Å². The van der Waals surface area contributed by atoms with Gasteiger partial charge in [0.15, 0.2) is 23.3 Å². The van der Waals surface area contributed by atoms with Crippen molar-refractivity contribution < 1.29 is 61.7 Å². The third-order valence-electron chi connectivity index (χ3n) is 20.2. The first-order chi connectivity index (χ1) is 64.0. The fraction of sp³-hybridized carbons (Fsp3) is 0.471. The monoisotopic (exact) mass is 1960 g/mol. The number of nitrogens with one attached hydrogen (secondary N) is 5. The molecule has 41 nitrogen and oxygen atoms in total. The summed E-state index contributed by atoms with van der Waals surface area (Å²) in [7, 11) is 28.1. The summed E-state index contributed by atoms with van der Waals surface area (Å²) in [6.07, 6.45) is 11.0. The van der Waals surface area contributed by atoms with Gasteiger partial charge in [0.25, 0.3) is 5.69 Å². The van der Waals surface area contributed by atoms with E-state index in [9.17, 15) is 34.2 Å². The second-order valence-electron chi connectivity index (χ2n) is 31.1. The fourth-order valence-corrected chi connectivity index (χ4v) is 13.7. The Hall–Kier alpha value is -11.5. The summed E-state index contributed by atoms with van der Waals surface area (Å²) in [4.78, 5) is 101. The van der Waals surface area contributed by atoms with Crippen LogP contribution in [0.15, 0.2) is 98.6 Å². The van der Waals surface area contributed by atoms with Crippen LogP contribution in [-0.2, 0) is 28.5 Å². The Bertz CT molecular complexity index is 5140. The SMILES string of the molecule is C=CC(=O)Cl.C=CC(=O)Nc1cc(Nc2ncc(Cl)c(N3CCOCC3)n2)c(OC)cc1N(C)CCN(C)C.CCCCN(C)C.COc1cc(F)c([N+](=O)[O-])cc1Nc1ncc(Cl)c(N2CCOCC2)n1.COc1cc(N(C)CCN(C)C)c(N)cc1Nc1ncc(Cl)c(N2CCOCC2)n1.COc1cc(N(C)CCN(C)C)c([N+](=O)[O-])cc1Nc1ncc(Cl)c(N2CCOCC2)n1. The first-order valence-electron chi connectivity index (χ1n) is 42.6. The Morgan fingerprint density at radius 2 is 0.739 bits per heavy atom. The van der Waals surface area contributed by atoms with Gasteiger partial charge in [0.2, 0.25) is 40.8 Å². The van der Waals surface area contributed by atoms with Crippen LogP contribution < -0.4 is 85.6 Å². The van der Waals surface area contributed by atoms with Crippen molar-refractivity contribution in [2.45, 2.75) is 19.8 Å². The first-order valence-corrected chi connectivity index (χ1v) is 44.5. The van der Waals surface area contributed by atoms with Gasteiger partial charge in [-0.05, 0) is 105 Å². The number of hydrogen-bond donors (Lipinski definition) is 6. The number of amides is 1. The van der Waals surface area contributed by atoms with E-state index in [4.69, 9.17) is 102 Å². The minimum Gasteiger partial charge on any atom is -0.494 e. The summed E-state index contributed by atoms with van der Waals surface area (Å²) < 4.78 is 57.1. The number of aromatic nitrogens is 8. The van der Waals surface area contributed by atoms with Gasteiger partial charge in [-0.25, -0.2) is 19.9 Å². The third kappa shape index (κ3) is 34.4. The van der Waals surface area contributed by atoms with E-state index < -0.39 is 26.6 Å². The summed E-state index contributed by atoms with van der Waals surface area (Å²) in [6.45, 7) is 25.1. The van der Waals surface area contributed by atoms with Gasteiger partial charge in [-0.1, -0.05) is 72.9 Å².